The number of para-hydroxylation sites is 4. The van der Waals surface area contributed by atoms with Crippen LogP contribution in [0.25, 0.3) is 159 Å². The van der Waals surface area contributed by atoms with Gasteiger partial charge in [-0.05, 0) is 200 Å². The molecule has 0 atom stereocenters. The second-order valence-electron chi connectivity index (χ2n) is 23.8. The molecule has 19 rings (SSSR count). The highest BCUT2D eigenvalue weighted by Crippen LogP contribution is 2.50. The van der Waals surface area contributed by atoms with Crippen molar-refractivity contribution < 1.29 is 0 Å². The summed E-state index contributed by atoms with van der Waals surface area (Å²) in [5.74, 6) is 0. The van der Waals surface area contributed by atoms with Crippen molar-refractivity contribution in [2.24, 2.45) is 0 Å². The number of allylic oxidation sites excluding steroid dienone is 4. The van der Waals surface area contributed by atoms with Crippen molar-refractivity contribution in [1.29, 1.82) is 0 Å². The zero-order chi connectivity index (χ0) is 56.5. The summed E-state index contributed by atoms with van der Waals surface area (Å²) in [5.41, 5.74) is 30.4. The average Bonchev–Trinajstić information content (AvgIpc) is 1.69. The van der Waals surface area contributed by atoms with Gasteiger partial charge in [-0.1, -0.05) is 176 Å². The molecule has 3 aliphatic carbocycles. The number of nitrogens with zero attached hydrogens (tertiary/aromatic N) is 3. The van der Waals surface area contributed by atoms with E-state index < -0.39 is 0 Å². The molecule has 0 N–H and O–H groups in total. The maximum absolute atomic E-state index is 5.22. The third kappa shape index (κ3) is 6.84. The van der Waals surface area contributed by atoms with Crippen molar-refractivity contribution in [3.63, 3.8) is 0 Å². The van der Waals surface area contributed by atoms with E-state index in [-0.39, 0.29) is 0 Å². The van der Waals surface area contributed by atoms with Gasteiger partial charge in [-0.2, -0.15) is 0 Å². The Labute approximate surface area is 501 Å². The molecule has 0 fully saturated rings. The van der Waals surface area contributed by atoms with Crippen molar-refractivity contribution in [2.75, 3.05) is 0 Å². The first-order valence-electron chi connectivity index (χ1n) is 29.9. The molecule has 0 spiro atoms. The summed E-state index contributed by atoms with van der Waals surface area (Å²) in [6.07, 6.45) is 7.38. The summed E-state index contributed by atoms with van der Waals surface area (Å²) in [6, 6.07) is 90.9. The normalized spacial score (nSPS) is 13.7. The van der Waals surface area contributed by atoms with Gasteiger partial charge in [0.15, 0.2) is 0 Å². The first-order valence-corrected chi connectivity index (χ1v) is 30.7. The molecule has 0 saturated carbocycles. The number of hydrogen-bond donors (Lipinski definition) is 0. The van der Waals surface area contributed by atoms with E-state index in [1.807, 2.05) is 11.3 Å². The minimum Gasteiger partial charge on any atom is -0.309 e. The number of aromatic nitrogens is 3. The van der Waals surface area contributed by atoms with Crippen LogP contribution in [-0.2, 0) is 12.8 Å². The van der Waals surface area contributed by atoms with Crippen LogP contribution in [0, 0.1) is 6.92 Å². The monoisotopic (exact) mass is 1110 g/mol. The van der Waals surface area contributed by atoms with Crippen LogP contribution in [0.2, 0.25) is 0 Å². The van der Waals surface area contributed by atoms with Crippen molar-refractivity contribution in [3.8, 4) is 50.4 Å². The van der Waals surface area contributed by atoms with Gasteiger partial charge >= 0.3 is 0 Å². The molecular weight excluding hydrogens is 1060 g/mol. The Hall–Kier alpha value is -10.5. The van der Waals surface area contributed by atoms with Crippen molar-refractivity contribution in [1.82, 2.24) is 13.7 Å². The highest BCUT2D eigenvalue weighted by molar-refractivity contribution is 7.26. The van der Waals surface area contributed by atoms with Crippen LogP contribution in [0.5, 0.6) is 0 Å². The first kappa shape index (κ1) is 47.9. The average molecular weight is 1110 g/mol. The number of benzene rings is 12. The molecule has 4 heterocycles. The smallest absolute Gasteiger partial charge is 0.0555 e. The minimum atomic E-state index is 0.741. The Morgan fingerprint density at radius 3 is 1.76 bits per heavy atom. The zero-order valence-corrected chi connectivity index (χ0v) is 47.9. The van der Waals surface area contributed by atoms with Crippen LogP contribution < -0.4 is 0 Å². The number of rotatable bonds is 6. The van der Waals surface area contributed by atoms with E-state index in [0.717, 1.165) is 47.5 Å². The SMILES string of the molecule is [CH2]c1c(-c2cc(-n3c4ccccc4c4c5c(ccc43)-c3ccccc3C(=C)C5)ccc2C2=CC2)ccc2c1-c1cc(-n3c4ccccc4c4c5sc6ccccc6c5ccc43)ccc1C=C(c1ccc3c(c1)c1ccccc1n3-c1ccccc1)C2. The Bertz CT molecular complexity index is 5770. The maximum atomic E-state index is 5.22. The Balaban J connectivity index is 0.829. The molecular formula is C82H52N3S. The fourth-order valence-electron chi connectivity index (χ4n) is 15.3. The van der Waals surface area contributed by atoms with Gasteiger partial charge in [0.25, 0.3) is 0 Å². The minimum absolute atomic E-state index is 0.741. The Morgan fingerprint density at radius 1 is 0.372 bits per heavy atom. The molecule has 4 aromatic heterocycles. The van der Waals surface area contributed by atoms with Crippen molar-refractivity contribution in [3.05, 3.63) is 301 Å². The third-order valence-corrected chi connectivity index (χ3v) is 20.4. The molecule has 0 unspecified atom stereocenters. The van der Waals surface area contributed by atoms with E-state index in [2.05, 4.69) is 275 Å². The number of fused-ring (bicyclic) bond motifs is 20. The molecule has 0 saturated heterocycles. The number of hydrogen-bond acceptors (Lipinski definition) is 1. The van der Waals surface area contributed by atoms with Gasteiger partial charge in [-0.25, -0.2) is 0 Å². The van der Waals surface area contributed by atoms with E-state index >= 15 is 0 Å². The largest absolute Gasteiger partial charge is 0.309 e. The molecule has 1 radical (unpaired) electrons. The molecule has 86 heavy (non-hydrogen) atoms. The van der Waals surface area contributed by atoms with Gasteiger partial charge in [0.2, 0.25) is 0 Å². The lowest BCUT2D eigenvalue weighted by Gasteiger charge is -2.23. The van der Waals surface area contributed by atoms with E-state index in [1.54, 1.807) is 0 Å². The van der Waals surface area contributed by atoms with Crippen LogP contribution >= 0.6 is 11.3 Å². The maximum Gasteiger partial charge on any atom is 0.0555 e. The lowest BCUT2D eigenvalue weighted by Crippen LogP contribution is -2.03. The lowest BCUT2D eigenvalue weighted by atomic mass is 9.81. The first-order chi connectivity index (χ1) is 42.5. The van der Waals surface area contributed by atoms with Crippen LogP contribution in [0.15, 0.2) is 255 Å². The summed E-state index contributed by atoms with van der Waals surface area (Å²) in [7, 11) is 0. The van der Waals surface area contributed by atoms with Crippen LogP contribution in [0.1, 0.15) is 45.4 Å². The van der Waals surface area contributed by atoms with E-state index in [1.165, 1.54) is 164 Å². The Morgan fingerprint density at radius 2 is 0.965 bits per heavy atom. The van der Waals surface area contributed by atoms with E-state index in [4.69, 9.17) is 6.92 Å². The predicted molar refractivity (Wildman–Crippen MR) is 366 cm³/mol. The standard InChI is InChI=1S/C82H52N3S/c1-48-42-71-62(61-19-7-6-18-58(48)61)37-40-76-80(71)66-22-9-13-25-73(66)84(76)57-34-36-60(50-28-29-50)69(47-57)59-35-31-53-44-54(51-32-39-75-70(45-51)63-20-8-12-24-72(63)83(75)55-16-4-3-5-17-55)43-52-30-33-56(46-68(52)79(53)49(59)2)85-74-26-14-10-23-67(74)81-77(85)41-38-65-64-21-11-15-27-78(64)86-82(65)81/h3-28,30-41,43,45-47H,1-2,29,42,44H2. The second kappa shape index (κ2) is 18.0. The summed E-state index contributed by atoms with van der Waals surface area (Å²) in [5, 5.41) is 10.3. The lowest BCUT2D eigenvalue weighted by molar-refractivity contribution is 1.17. The highest BCUT2D eigenvalue weighted by Gasteiger charge is 2.29. The quantitative estimate of drug-likeness (QED) is 0.158. The molecule has 3 nitrogen and oxygen atoms in total. The molecule has 0 aliphatic heterocycles. The summed E-state index contributed by atoms with van der Waals surface area (Å²) in [6.45, 7) is 9.85. The molecule has 4 heteroatoms. The Kier molecular flexibility index (Phi) is 10.0. The molecule has 0 bridgehead atoms. The van der Waals surface area contributed by atoms with Crippen molar-refractivity contribution in [2.45, 2.75) is 19.3 Å². The fraction of sp³-hybridized carbons (Fsp3) is 0.0366. The van der Waals surface area contributed by atoms with Gasteiger partial charge in [0, 0.05) is 69.6 Å². The van der Waals surface area contributed by atoms with Crippen molar-refractivity contribution >= 4 is 120 Å². The molecule has 12 aromatic carbocycles. The van der Waals surface area contributed by atoms with Gasteiger partial charge in [-0.3, -0.25) is 0 Å². The molecule has 0 amide bonds. The van der Waals surface area contributed by atoms with E-state index in [9.17, 15) is 0 Å². The summed E-state index contributed by atoms with van der Waals surface area (Å²) < 4.78 is 10.1. The van der Waals surface area contributed by atoms with Gasteiger partial charge in [-0.15, -0.1) is 11.3 Å². The fourth-order valence-corrected chi connectivity index (χ4v) is 16.5. The molecule has 401 valence electrons. The van der Waals surface area contributed by atoms with Crippen LogP contribution in [-0.4, -0.2) is 13.7 Å². The topological polar surface area (TPSA) is 14.8 Å². The summed E-state index contributed by atoms with van der Waals surface area (Å²) in [4.78, 5) is 0. The second-order valence-corrected chi connectivity index (χ2v) is 24.8. The third-order valence-electron chi connectivity index (χ3n) is 19.2. The summed E-state index contributed by atoms with van der Waals surface area (Å²) >= 11 is 1.90. The molecule has 16 aromatic rings. The van der Waals surface area contributed by atoms with Gasteiger partial charge in [0.05, 0.1) is 33.1 Å². The number of thiophene rings is 1. The predicted octanol–water partition coefficient (Wildman–Crippen LogP) is 22.0. The van der Waals surface area contributed by atoms with Gasteiger partial charge in [0.1, 0.15) is 0 Å². The van der Waals surface area contributed by atoms with Crippen LogP contribution in [0.4, 0.5) is 0 Å². The van der Waals surface area contributed by atoms with Crippen LogP contribution in [0.3, 0.4) is 0 Å². The van der Waals surface area contributed by atoms with Gasteiger partial charge < -0.3 is 13.7 Å². The van der Waals surface area contributed by atoms with E-state index in [0.29, 0.717) is 0 Å². The molecule has 3 aliphatic rings. The zero-order valence-electron chi connectivity index (χ0n) is 47.0. The highest BCUT2D eigenvalue weighted by atomic mass is 32.1.